The first-order valence-corrected chi connectivity index (χ1v) is 8.11. The van der Waals surface area contributed by atoms with E-state index in [4.69, 9.17) is 40.2 Å². The van der Waals surface area contributed by atoms with E-state index in [-0.39, 0.29) is 0 Å². The molecular formula is C16H12Cl2N4OS. The second kappa shape index (κ2) is 7.61. The van der Waals surface area contributed by atoms with Gasteiger partial charge in [0.2, 0.25) is 4.77 Å². The molecule has 0 amide bonds. The van der Waals surface area contributed by atoms with Crippen molar-refractivity contribution in [1.82, 2.24) is 14.9 Å². The van der Waals surface area contributed by atoms with E-state index in [1.54, 1.807) is 18.3 Å². The Hall–Kier alpha value is -2.15. The topological polar surface area (TPSA) is 55.2 Å². The highest BCUT2D eigenvalue weighted by molar-refractivity contribution is 7.71. The number of nitrogens with one attached hydrogen (secondary N) is 1. The van der Waals surface area contributed by atoms with Gasteiger partial charge in [0, 0.05) is 15.6 Å². The molecule has 1 heterocycles. The first-order chi connectivity index (χ1) is 11.6. The molecule has 0 aliphatic rings. The number of H-pyrrole nitrogens is 1. The molecule has 2 aromatic carbocycles. The SMILES string of the molecule is S=c1[nH]ncn1/N=C/c1ccc(OCc2ccc(Cl)cc2Cl)cc1. The van der Waals surface area contributed by atoms with Crippen molar-refractivity contribution in [3.8, 4) is 5.75 Å². The third kappa shape index (κ3) is 4.23. The number of hydrogen-bond acceptors (Lipinski definition) is 4. The molecular weight excluding hydrogens is 367 g/mol. The quantitative estimate of drug-likeness (QED) is 0.516. The fourth-order valence-electron chi connectivity index (χ4n) is 1.90. The summed E-state index contributed by atoms with van der Waals surface area (Å²) in [7, 11) is 0. The molecule has 0 saturated carbocycles. The van der Waals surface area contributed by atoms with Crippen LogP contribution in [0.5, 0.6) is 5.75 Å². The average Bonchev–Trinajstić information content (AvgIpc) is 2.98. The second-order valence-electron chi connectivity index (χ2n) is 4.84. The summed E-state index contributed by atoms with van der Waals surface area (Å²) in [5.41, 5.74) is 1.79. The minimum Gasteiger partial charge on any atom is -0.489 e. The first-order valence-electron chi connectivity index (χ1n) is 6.95. The number of ether oxygens (including phenoxy) is 1. The Kier molecular flexibility index (Phi) is 5.30. The number of rotatable bonds is 5. The van der Waals surface area contributed by atoms with Gasteiger partial charge in [-0.3, -0.25) is 5.10 Å². The zero-order chi connectivity index (χ0) is 16.9. The predicted molar refractivity (Wildman–Crippen MR) is 97.6 cm³/mol. The Labute approximate surface area is 153 Å². The lowest BCUT2D eigenvalue weighted by Gasteiger charge is -2.08. The van der Waals surface area contributed by atoms with Gasteiger partial charge in [-0.15, -0.1) is 0 Å². The molecule has 0 spiro atoms. The number of benzene rings is 2. The molecule has 0 bridgehead atoms. The predicted octanol–water partition coefficient (Wildman–Crippen LogP) is 4.71. The van der Waals surface area contributed by atoms with E-state index in [1.807, 2.05) is 30.3 Å². The smallest absolute Gasteiger partial charge is 0.216 e. The van der Waals surface area contributed by atoms with Crippen molar-refractivity contribution in [1.29, 1.82) is 0 Å². The van der Waals surface area contributed by atoms with Crippen LogP contribution in [0.15, 0.2) is 53.9 Å². The zero-order valence-electron chi connectivity index (χ0n) is 12.3. The number of aromatic nitrogens is 3. The molecule has 0 radical (unpaired) electrons. The molecule has 5 nitrogen and oxygen atoms in total. The van der Waals surface area contributed by atoms with Gasteiger partial charge in [-0.25, -0.2) is 0 Å². The van der Waals surface area contributed by atoms with Crippen molar-refractivity contribution in [3.63, 3.8) is 0 Å². The van der Waals surface area contributed by atoms with Gasteiger partial charge in [-0.1, -0.05) is 29.3 Å². The fraction of sp³-hybridized carbons (Fsp3) is 0.0625. The van der Waals surface area contributed by atoms with Crippen molar-refractivity contribution in [3.05, 3.63) is 74.7 Å². The van der Waals surface area contributed by atoms with Crippen LogP contribution in [0.3, 0.4) is 0 Å². The molecule has 3 aromatic rings. The maximum absolute atomic E-state index is 6.12. The van der Waals surface area contributed by atoms with Gasteiger partial charge in [0.1, 0.15) is 18.7 Å². The van der Waals surface area contributed by atoms with Crippen LogP contribution in [-0.2, 0) is 6.61 Å². The molecule has 0 fully saturated rings. The van der Waals surface area contributed by atoms with Crippen LogP contribution in [0, 0.1) is 4.77 Å². The maximum atomic E-state index is 6.12. The van der Waals surface area contributed by atoms with E-state index >= 15 is 0 Å². The summed E-state index contributed by atoms with van der Waals surface area (Å²) >= 11 is 17.0. The highest BCUT2D eigenvalue weighted by Gasteiger charge is 2.02. The van der Waals surface area contributed by atoms with E-state index in [2.05, 4.69) is 15.3 Å². The zero-order valence-corrected chi connectivity index (χ0v) is 14.6. The van der Waals surface area contributed by atoms with Crippen molar-refractivity contribution in [2.75, 3.05) is 0 Å². The van der Waals surface area contributed by atoms with Crippen molar-refractivity contribution >= 4 is 41.6 Å². The lowest BCUT2D eigenvalue weighted by atomic mass is 10.2. The molecule has 8 heteroatoms. The van der Waals surface area contributed by atoms with E-state index in [0.29, 0.717) is 21.4 Å². The Morgan fingerprint density at radius 2 is 2.00 bits per heavy atom. The monoisotopic (exact) mass is 378 g/mol. The Bertz CT molecular complexity index is 918. The third-order valence-electron chi connectivity index (χ3n) is 3.16. The maximum Gasteiger partial charge on any atom is 0.216 e. The number of hydrogen-bond donors (Lipinski definition) is 1. The van der Waals surface area contributed by atoms with Crippen LogP contribution in [0.1, 0.15) is 11.1 Å². The van der Waals surface area contributed by atoms with Crippen LogP contribution in [0.4, 0.5) is 0 Å². The Morgan fingerprint density at radius 1 is 1.21 bits per heavy atom. The van der Waals surface area contributed by atoms with Crippen LogP contribution in [0.2, 0.25) is 10.0 Å². The minimum absolute atomic E-state index is 0.369. The number of aromatic amines is 1. The molecule has 24 heavy (non-hydrogen) atoms. The third-order valence-corrected chi connectivity index (χ3v) is 4.02. The average molecular weight is 379 g/mol. The second-order valence-corrected chi connectivity index (χ2v) is 6.07. The molecule has 122 valence electrons. The normalized spacial score (nSPS) is 11.1. The van der Waals surface area contributed by atoms with Gasteiger partial charge in [-0.2, -0.15) is 14.9 Å². The molecule has 3 rings (SSSR count). The van der Waals surface area contributed by atoms with Crippen LogP contribution in [0.25, 0.3) is 0 Å². The van der Waals surface area contributed by atoms with Gasteiger partial charge >= 0.3 is 0 Å². The molecule has 0 aliphatic carbocycles. The summed E-state index contributed by atoms with van der Waals surface area (Å²) in [5.74, 6) is 0.734. The van der Waals surface area contributed by atoms with Crippen LogP contribution in [-0.4, -0.2) is 21.1 Å². The van der Waals surface area contributed by atoms with Crippen LogP contribution < -0.4 is 4.74 Å². The summed E-state index contributed by atoms with van der Waals surface area (Å²) in [4.78, 5) is 0. The van der Waals surface area contributed by atoms with Gasteiger partial charge in [-0.05, 0) is 54.2 Å². The molecule has 0 unspecified atom stereocenters. The molecule has 1 N–H and O–H groups in total. The van der Waals surface area contributed by atoms with Crippen molar-refractivity contribution in [2.45, 2.75) is 6.61 Å². The summed E-state index contributed by atoms with van der Waals surface area (Å²) in [6.07, 6.45) is 3.19. The van der Waals surface area contributed by atoms with Crippen molar-refractivity contribution < 1.29 is 4.74 Å². The van der Waals surface area contributed by atoms with E-state index in [9.17, 15) is 0 Å². The highest BCUT2D eigenvalue weighted by Crippen LogP contribution is 2.22. The molecule has 0 aliphatic heterocycles. The van der Waals surface area contributed by atoms with E-state index < -0.39 is 0 Å². The van der Waals surface area contributed by atoms with E-state index in [1.165, 1.54) is 11.0 Å². The summed E-state index contributed by atoms with van der Waals surface area (Å²) in [6.45, 7) is 0.369. The van der Waals surface area contributed by atoms with Gasteiger partial charge in [0.25, 0.3) is 0 Å². The lowest BCUT2D eigenvalue weighted by Crippen LogP contribution is -1.96. The van der Waals surface area contributed by atoms with Gasteiger partial charge in [0.05, 0.1) is 6.21 Å². The Morgan fingerprint density at radius 3 is 2.67 bits per heavy atom. The minimum atomic E-state index is 0.369. The highest BCUT2D eigenvalue weighted by atomic mass is 35.5. The standard InChI is InChI=1S/C16H12Cl2N4OS/c17-13-4-3-12(15(18)7-13)9-23-14-5-1-11(2-6-14)8-20-22-10-19-21-16(22)24/h1-8,10H,9H2,(H,21,24)/b20-8+. The molecule has 1 aromatic heterocycles. The van der Waals surface area contributed by atoms with Crippen molar-refractivity contribution in [2.24, 2.45) is 5.10 Å². The van der Waals surface area contributed by atoms with Gasteiger partial charge < -0.3 is 4.74 Å². The number of nitrogens with zero attached hydrogens (tertiary/aromatic N) is 3. The first kappa shape index (κ1) is 16.7. The molecule has 0 saturated heterocycles. The van der Waals surface area contributed by atoms with E-state index in [0.717, 1.165) is 16.9 Å². The number of halogens is 2. The van der Waals surface area contributed by atoms with Crippen LogP contribution >= 0.6 is 35.4 Å². The lowest BCUT2D eigenvalue weighted by molar-refractivity contribution is 0.306. The summed E-state index contributed by atoms with van der Waals surface area (Å²) < 4.78 is 7.64. The summed E-state index contributed by atoms with van der Waals surface area (Å²) in [6, 6.07) is 12.8. The van der Waals surface area contributed by atoms with Gasteiger partial charge in [0.15, 0.2) is 0 Å². The fourth-order valence-corrected chi connectivity index (χ4v) is 2.51. The Balaban J connectivity index is 1.63. The molecule has 0 atom stereocenters. The largest absolute Gasteiger partial charge is 0.489 e. The summed E-state index contributed by atoms with van der Waals surface area (Å²) in [5, 5.41) is 11.8.